The van der Waals surface area contributed by atoms with Crippen LogP contribution in [0.4, 0.5) is 0 Å². The molecule has 0 saturated heterocycles. The third kappa shape index (κ3) is 38.1. The van der Waals surface area contributed by atoms with Gasteiger partial charge in [0.2, 0.25) is 0 Å². The fourth-order valence-corrected chi connectivity index (χ4v) is 6.10. The van der Waals surface area contributed by atoms with E-state index in [0.717, 1.165) is 83.5 Å². The average molecular weight is 811 g/mol. The number of aliphatic carboxylic acids is 1. The summed E-state index contributed by atoms with van der Waals surface area (Å²) in [5.74, 6) is -1.54. The highest BCUT2D eigenvalue weighted by Gasteiger charge is 2.31. The molecule has 330 valence electrons. The second-order valence-corrected chi connectivity index (χ2v) is 15.9. The summed E-state index contributed by atoms with van der Waals surface area (Å²) in [6.07, 6.45) is 52.1. The van der Waals surface area contributed by atoms with E-state index in [1.165, 1.54) is 38.5 Å². The van der Waals surface area contributed by atoms with E-state index in [1.54, 1.807) is 0 Å². The van der Waals surface area contributed by atoms with E-state index in [4.69, 9.17) is 14.2 Å². The Morgan fingerprint density at radius 1 is 0.517 bits per heavy atom. The third-order valence-electron chi connectivity index (χ3n) is 9.54. The van der Waals surface area contributed by atoms with Crippen molar-refractivity contribution in [1.29, 1.82) is 0 Å². The van der Waals surface area contributed by atoms with Gasteiger partial charge in [0, 0.05) is 19.3 Å². The van der Waals surface area contributed by atoms with Gasteiger partial charge in [0.15, 0.2) is 12.1 Å². The van der Waals surface area contributed by atoms with E-state index in [-0.39, 0.29) is 42.7 Å². The van der Waals surface area contributed by atoms with Crippen molar-refractivity contribution in [3.8, 4) is 0 Å². The van der Waals surface area contributed by atoms with E-state index in [0.29, 0.717) is 19.3 Å². The predicted octanol–water partition coefficient (Wildman–Crippen LogP) is 12.5. The zero-order valence-electron chi connectivity index (χ0n) is 37.5. The van der Waals surface area contributed by atoms with Gasteiger partial charge in [-0.25, -0.2) is 4.79 Å². The first-order valence-electron chi connectivity index (χ1n) is 22.6. The largest absolute Gasteiger partial charge is 0.477 e. The zero-order valence-corrected chi connectivity index (χ0v) is 37.5. The molecule has 0 rings (SSSR count). The Bertz CT molecular complexity index is 1220. The van der Waals surface area contributed by atoms with Crippen LogP contribution in [0.5, 0.6) is 0 Å². The molecule has 0 aromatic carbocycles. The van der Waals surface area contributed by atoms with Crippen molar-refractivity contribution in [1.82, 2.24) is 0 Å². The summed E-state index contributed by atoms with van der Waals surface area (Å²) >= 11 is 0. The molecule has 2 unspecified atom stereocenters. The first kappa shape index (κ1) is 54.5. The number of rotatable bonds is 39. The van der Waals surface area contributed by atoms with Crippen molar-refractivity contribution in [3.63, 3.8) is 0 Å². The lowest BCUT2D eigenvalue weighted by molar-refractivity contribution is -0.887. The molecule has 0 amide bonds. The van der Waals surface area contributed by atoms with Gasteiger partial charge >= 0.3 is 17.9 Å². The smallest absolute Gasteiger partial charge is 0.362 e. The number of nitrogens with zero attached hydrogens (tertiary/aromatic N) is 1. The van der Waals surface area contributed by atoms with Gasteiger partial charge in [-0.1, -0.05) is 144 Å². The minimum atomic E-state index is -0.886. The monoisotopic (exact) mass is 811 g/mol. The predicted molar refractivity (Wildman–Crippen MR) is 243 cm³/mol. The second kappa shape index (κ2) is 40.3. The summed E-state index contributed by atoms with van der Waals surface area (Å²) in [6, 6.07) is -0.626. The lowest BCUT2D eigenvalue weighted by Crippen LogP contribution is -2.50. The molecule has 0 heterocycles. The summed E-state index contributed by atoms with van der Waals surface area (Å²) < 4.78 is 17.2. The number of carboxylic acids is 1. The van der Waals surface area contributed by atoms with Crippen LogP contribution in [0.2, 0.25) is 0 Å². The number of unbranched alkanes of at least 4 members (excludes halogenated alkanes) is 11. The van der Waals surface area contributed by atoms with Crippen LogP contribution in [-0.4, -0.2) is 80.6 Å². The average Bonchev–Trinajstić information content (AvgIpc) is 3.18. The van der Waals surface area contributed by atoms with Gasteiger partial charge in [-0.3, -0.25) is 9.59 Å². The van der Waals surface area contributed by atoms with Crippen molar-refractivity contribution < 1.29 is 38.2 Å². The molecule has 0 aliphatic heterocycles. The van der Waals surface area contributed by atoms with Crippen molar-refractivity contribution >= 4 is 17.9 Å². The molecule has 8 heteroatoms. The lowest BCUT2D eigenvalue weighted by atomic mass is 10.1. The molecular formula is C50H84NO7+. The van der Waals surface area contributed by atoms with Crippen LogP contribution < -0.4 is 0 Å². The minimum Gasteiger partial charge on any atom is -0.477 e. The zero-order chi connectivity index (χ0) is 42.8. The number of quaternary nitrogens is 1. The molecule has 0 aliphatic carbocycles. The van der Waals surface area contributed by atoms with Crippen molar-refractivity contribution in [2.45, 2.75) is 174 Å². The van der Waals surface area contributed by atoms with Crippen molar-refractivity contribution in [3.05, 3.63) is 85.1 Å². The Labute approximate surface area is 354 Å². The maximum absolute atomic E-state index is 12.7. The van der Waals surface area contributed by atoms with Gasteiger partial charge in [0.1, 0.15) is 6.61 Å². The van der Waals surface area contributed by atoms with E-state index < -0.39 is 18.1 Å². The van der Waals surface area contributed by atoms with Gasteiger partial charge < -0.3 is 23.8 Å². The number of likely N-dealkylation sites (N-methyl/N-ethyl adjacent to an activating group) is 1. The maximum Gasteiger partial charge on any atom is 0.362 e. The fraction of sp³-hybridized carbons (Fsp3) is 0.660. The van der Waals surface area contributed by atoms with Crippen LogP contribution in [0, 0.1) is 0 Å². The molecule has 1 N–H and O–H groups in total. The summed E-state index contributed by atoms with van der Waals surface area (Å²) in [5.41, 5.74) is 0. The number of carboxylic acid groups (broad SMARTS) is 1. The fourth-order valence-electron chi connectivity index (χ4n) is 6.10. The molecule has 2 atom stereocenters. The number of hydrogen-bond donors (Lipinski definition) is 1. The normalized spacial score (nSPS) is 13.7. The Balaban J connectivity index is 4.31. The number of hydrogen-bond acceptors (Lipinski definition) is 6. The summed E-state index contributed by atoms with van der Waals surface area (Å²) in [7, 11) is 5.50. The van der Waals surface area contributed by atoms with E-state index in [9.17, 15) is 19.5 Å². The summed E-state index contributed by atoms with van der Waals surface area (Å²) in [4.78, 5) is 37.0. The first-order valence-corrected chi connectivity index (χ1v) is 22.6. The highest BCUT2D eigenvalue weighted by molar-refractivity contribution is 5.72. The number of allylic oxidation sites excluding steroid dienone is 14. The quantitative estimate of drug-likeness (QED) is 0.0286. The van der Waals surface area contributed by atoms with Gasteiger partial charge in [-0.15, -0.1) is 0 Å². The number of carbonyl (C=O) groups is 3. The van der Waals surface area contributed by atoms with E-state index >= 15 is 0 Å². The van der Waals surface area contributed by atoms with Crippen LogP contribution in [0.3, 0.4) is 0 Å². The molecule has 0 fully saturated rings. The second-order valence-electron chi connectivity index (χ2n) is 15.9. The van der Waals surface area contributed by atoms with Crippen LogP contribution in [-0.2, 0) is 28.6 Å². The summed E-state index contributed by atoms with van der Waals surface area (Å²) in [6.45, 7) is 4.44. The lowest BCUT2D eigenvalue weighted by Gasteiger charge is -2.31. The Morgan fingerprint density at radius 2 is 0.914 bits per heavy atom. The van der Waals surface area contributed by atoms with Gasteiger partial charge in [0.05, 0.1) is 34.4 Å². The number of ether oxygens (including phenoxy) is 3. The van der Waals surface area contributed by atoms with Crippen LogP contribution in [0.15, 0.2) is 85.1 Å². The van der Waals surface area contributed by atoms with Crippen molar-refractivity contribution in [2.24, 2.45) is 0 Å². The Hall–Kier alpha value is -3.49. The van der Waals surface area contributed by atoms with Crippen LogP contribution in [0.1, 0.15) is 162 Å². The molecule has 0 saturated carbocycles. The third-order valence-corrected chi connectivity index (χ3v) is 9.54. The highest BCUT2D eigenvalue weighted by Crippen LogP contribution is 2.13. The molecule has 0 bridgehead atoms. The Kier molecular flexibility index (Phi) is 37.9. The van der Waals surface area contributed by atoms with E-state index in [1.807, 2.05) is 21.1 Å². The molecular weight excluding hydrogens is 727 g/mol. The number of esters is 2. The molecule has 0 aromatic heterocycles. The SMILES string of the molecule is CC/C=C/C/C=C/C/C=C/C/C=C/CCCCCCCCCCCC(=O)OCC(COCCC(C(=O)O)[N+](C)(C)C)OC(=O)CCCC/C=C/C/C=C/C/C=C/CC. The standard InChI is InChI=1S/C50H83NO7/c1-6-8-10-12-14-16-18-20-21-22-23-24-25-26-27-28-29-31-32-34-36-38-40-48(52)57-45-46(44-56-43-42-47(50(54)55)51(3,4)5)58-49(53)41-39-37-35-33-30-19-17-15-13-11-9-7-2/h8-11,14-17,20-21,23-24,30,33,46-47H,6-7,12-13,18-19,22,25-29,31-32,34-45H2,1-5H3/p+1/b10-8+,11-9+,16-14+,17-15+,21-20+,24-23+,33-30+. The summed E-state index contributed by atoms with van der Waals surface area (Å²) in [5, 5.41) is 9.62. The molecule has 0 aromatic rings. The van der Waals surface area contributed by atoms with Crippen molar-refractivity contribution in [2.75, 3.05) is 41.0 Å². The topological polar surface area (TPSA) is 99.1 Å². The minimum absolute atomic E-state index is 0.0391. The molecule has 0 spiro atoms. The van der Waals surface area contributed by atoms with E-state index in [2.05, 4.69) is 98.9 Å². The van der Waals surface area contributed by atoms with Gasteiger partial charge in [-0.2, -0.15) is 0 Å². The molecule has 0 radical (unpaired) electrons. The molecule has 8 nitrogen and oxygen atoms in total. The maximum atomic E-state index is 12.7. The number of carbonyl (C=O) groups excluding carboxylic acids is 2. The molecule has 58 heavy (non-hydrogen) atoms. The van der Waals surface area contributed by atoms with Crippen LogP contribution in [0.25, 0.3) is 0 Å². The Morgan fingerprint density at radius 3 is 1.38 bits per heavy atom. The van der Waals surface area contributed by atoms with Crippen LogP contribution >= 0.6 is 0 Å². The molecule has 0 aliphatic rings. The van der Waals surface area contributed by atoms with Gasteiger partial charge in [0.25, 0.3) is 0 Å². The first-order chi connectivity index (χ1) is 28.1. The van der Waals surface area contributed by atoms with Gasteiger partial charge in [-0.05, 0) is 83.5 Å². The highest BCUT2D eigenvalue weighted by atomic mass is 16.6.